The molecular formula is C13H15ClN2O. The number of carbonyl (C=O) groups is 1. The number of amides is 1. The molecule has 2 aromatic rings. The monoisotopic (exact) mass is 250 g/mol. The second-order valence-corrected chi connectivity index (χ2v) is 4.51. The Bertz CT molecular complexity index is 560. The SMILES string of the molecule is CCCNC(=O)c1c(C)[nH]c2cc(Cl)ccc12. The largest absolute Gasteiger partial charge is 0.358 e. The van der Waals surface area contributed by atoms with Crippen molar-refractivity contribution in [3.05, 3.63) is 34.5 Å². The summed E-state index contributed by atoms with van der Waals surface area (Å²) in [5.74, 6) is -0.0297. The summed E-state index contributed by atoms with van der Waals surface area (Å²) in [6.45, 7) is 4.62. The molecule has 1 aromatic carbocycles. The molecule has 0 aliphatic carbocycles. The van der Waals surface area contributed by atoms with Gasteiger partial charge in [0, 0.05) is 28.2 Å². The molecule has 1 amide bonds. The molecular weight excluding hydrogens is 236 g/mol. The average molecular weight is 251 g/mol. The van der Waals surface area contributed by atoms with Gasteiger partial charge in [-0.2, -0.15) is 0 Å². The fourth-order valence-electron chi connectivity index (χ4n) is 1.92. The molecule has 1 heterocycles. The predicted octanol–water partition coefficient (Wildman–Crippen LogP) is 3.27. The van der Waals surface area contributed by atoms with Crippen LogP contribution in [0.4, 0.5) is 0 Å². The summed E-state index contributed by atoms with van der Waals surface area (Å²) < 4.78 is 0. The summed E-state index contributed by atoms with van der Waals surface area (Å²) in [5.41, 5.74) is 2.48. The molecule has 2 N–H and O–H groups in total. The fraction of sp³-hybridized carbons (Fsp3) is 0.308. The Morgan fingerprint density at radius 1 is 1.47 bits per heavy atom. The summed E-state index contributed by atoms with van der Waals surface area (Å²) in [7, 11) is 0. The molecule has 1 aromatic heterocycles. The second kappa shape index (κ2) is 4.80. The number of rotatable bonds is 3. The topological polar surface area (TPSA) is 44.9 Å². The molecule has 2 rings (SSSR count). The maximum absolute atomic E-state index is 12.0. The third-order valence-electron chi connectivity index (χ3n) is 2.71. The van der Waals surface area contributed by atoms with Gasteiger partial charge in [-0.3, -0.25) is 4.79 Å². The van der Waals surface area contributed by atoms with Gasteiger partial charge in [-0.25, -0.2) is 0 Å². The van der Waals surface area contributed by atoms with Crippen molar-refractivity contribution in [1.82, 2.24) is 10.3 Å². The lowest BCUT2D eigenvalue weighted by Gasteiger charge is -2.03. The Balaban J connectivity index is 2.46. The summed E-state index contributed by atoms with van der Waals surface area (Å²) in [5, 5.41) is 4.47. The normalized spacial score (nSPS) is 10.8. The van der Waals surface area contributed by atoms with Crippen molar-refractivity contribution < 1.29 is 4.79 Å². The van der Waals surface area contributed by atoms with E-state index in [1.807, 2.05) is 26.0 Å². The first-order valence-corrected chi connectivity index (χ1v) is 6.07. The van der Waals surface area contributed by atoms with Gasteiger partial charge < -0.3 is 10.3 Å². The van der Waals surface area contributed by atoms with Gasteiger partial charge in [0.15, 0.2) is 0 Å². The molecule has 0 radical (unpaired) electrons. The van der Waals surface area contributed by atoms with Gasteiger partial charge in [-0.15, -0.1) is 0 Å². The number of carbonyl (C=O) groups excluding carboxylic acids is 1. The highest BCUT2D eigenvalue weighted by molar-refractivity contribution is 6.31. The van der Waals surface area contributed by atoms with Crippen LogP contribution in [0.2, 0.25) is 5.02 Å². The first-order valence-electron chi connectivity index (χ1n) is 5.69. The average Bonchev–Trinajstić information content (AvgIpc) is 2.61. The highest BCUT2D eigenvalue weighted by atomic mass is 35.5. The van der Waals surface area contributed by atoms with E-state index >= 15 is 0 Å². The number of aryl methyl sites for hydroxylation is 1. The first-order chi connectivity index (χ1) is 8.13. The molecule has 0 bridgehead atoms. The third-order valence-corrected chi connectivity index (χ3v) is 2.95. The van der Waals surface area contributed by atoms with E-state index in [9.17, 15) is 4.79 Å². The summed E-state index contributed by atoms with van der Waals surface area (Å²) in [6, 6.07) is 5.51. The molecule has 3 nitrogen and oxygen atoms in total. The van der Waals surface area contributed by atoms with Gasteiger partial charge >= 0.3 is 0 Å². The minimum Gasteiger partial charge on any atom is -0.358 e. The van der Waals surface area contributed by atoms with E-state index in [2.05, 4.69) is 10.3 Å². The van der Waals surface area contributed by atoms with Crippen LogP contribution in [0.5, 0.6) is 0 Å². The van der Waals surface area contributed by atoms with Crippen molar-refractivity contribution in [3.63, 3.8) is 0 Å². The number of hydrogen-bond donors (Lipinski definition) is 2. The van der Waals surface area contributed by atoms with Gasteiger partial charge in [0.2, 0.25) is 0 Å². The Hall–Kier alpha value is -1.48. The van der Waals surface area contributed by atoms with Gasteiger partial charge in [0.1, 0.15) is 0 Å². The first kappa shape index (κ1) is 12.0. The number of aromatic amines is 1. The van der Waals surface area contributed by atoms with Gasteiger partial charge in [-0.1, -0.05) is 24.6 Å². The van der Waals surface area contributed by atoms with Gasteiger partial charge in [0.25, 0.3) is 5.91 Å². The Kier molecular flexibility index (Phi) is 3.38. The van der Waals surface area contributed by atoms with E-state index in [4.69, 9.17) is 11.6 Å². The van der Waals surface area contributed by atoms with Gasteiger partial charge in [0.05, 0.1) is 5.56 Å². The number of fused-ring (bicyclic) bond motifs is 1. The van der Waals surface area contributed by atoms with E-state index in [0.717, 1.165) is 23.0 Å². The zero-order valence-corrected chi connectivity index (χ0v) is 10.7. The smallest absolute Gasteiger partial charge is 0.253 e. The number of nitrogens with one attached hydrogen (secondary N) is 2. The minimum atomic E-state index is -0.0297. The predicted molar refractivity (Wildman–Crippen MR) is 70.7 cm³/mol. The lowest BCUT2D eigenvalue weighted by atomic mass is 10.1. The van der Waals surface area contributed by atoms with Crippen LogP contribution in [0.15, 0.2) is 18.2 Å². The van der Waals surface area contributed by atoms with Crippen molar-refractivity contribution in [1.29, 1.82) is 0 Å². The molecule has 0 aliphatic heterocycles. The highest BCUT2D eigenvalue weighted by Gasteiger charge is 2.15. The second-order valence-electron chi connectivity index (χ2n) is 4.07. The molecule has 0 spiro atoms. The summed E-state index contributed by atoms with van der Waals surface area (Å²) in [4.78, 5) is 15.2. The van der Waals surface area contributed by atoms with Crippen LogP contribution >= 0.6 is 11.6 Å². The highest BCUT2D eigenvalue weighted by Crippen LogP contribution is 2.24. The maximum Gasteiger partial charge on any atom is 0.253 e. The van der Waals surface area contributed by atoms with Gasteiger partial charge in [-0.05, 0) is 25.5 Å². The number of benzene rings is 1. The van der Waals surface area contributed by atoms with Crippen molar-refractivity contribution in [2.24, 2.45) is 0 Å². The number of halogens is 1. The van der Waals surface area contributed by atoms with Crippen molar-refractivity contribution in [2.45, 2.75) is 20.3 Å². The molecule has 90 valence electrons. The van der Waals surface area contributed by atoms with Crippen molar-refractivity contribution in [3.8, 4) is 0 Å². The van der Waals surface area contributed by atoms with Crippen molar-refractivity contribution >= 4 is 28.4 Å². The number of aromatic nitrogens is 1. The standard InChI is InChI=1S/C13H15ClN2O/c1-3-6-15-13(17)12-8(2)16-11-7-9(14)4-5-10(11)12/h4-5,7,16H,3,6H2,1-2H3,(H,15,17). The number of H-pyrrole nitrogens is 1. The fourth-order valence-corrected chi connectivity index (χ4v) is 2.10. The molecule has 0 atom stereocenters. The van der Waals surface area contributed by atoms with Crippen molar-refractivity contribution in [2.75, 3.05) is 6.54 Å². The molecule has 0 fully saturated rings. The van der Waals surface area contributed by atoms with E-state index in [0.29, 0.717) is 17.1 Å². The van der Waals surface area contributed by atoms with Crippen LogP contribution in [0.3, 0.4) is 0 Å². The maximum atomic E-state index is 12.0. The lowest BCUT2D eigenvalue weighted by molar-refractivity contribution is 0.0955. The van der Waals surface area contributed by atoms with E-state index in [1.165, 1.54) is 0 Å². The zero-order chi connectivity index (χ0) is 12.4. The van der Waals surface area contributed by atoms with Crippen LogP contribution in [0, 0.1) is 6.92 Å². The molecule has 0 saturated carbocycles. The van der Waals surface area contributed by atoms with Crippen LogP contribution in [0.25, 0.3) is 10.9 Å². The molecule has 0 unspecified atom stereocenters. The quantitative estimate of drug-likeness (QED) is 0.863. The zero-order valence-electron chi connectivity index (χ0n) is 9.93. The van der Waals surface area contributed by atoms with Crippen LogP contribution in [-0.2, 0) is 0 Å². The Morgan fingerprint density at radius 3 is 2.94 bits per heavy atom. The molecule has 0 aliphatic rings. The molecule has 0 saturated heterocycles. The Labute approximate surface area is 105 Å². The third kappa shape index (κ3) is 2.29. The minimum absolute atomic E-state index is 0.0297. The van der Waals surface area contributed by atoms with E-state index < -0.39 is 0 Å². The van der Waals surface area contributed by atoms with Crippen LogP contribution in [-0.4, -0.2) is 17.4 Å². The molecule has 4 heteroatoms. The number of hydrogen-bond acceptors (Lipinski definition) is 1. The van der Waals surface area contributed by atoms with E-state index in [-0.39, 0.29) is 5.91 Å². The van der Waals surface area contributed by atoms with Crippen LogP contribution in [0.1, 0.15) is 29.4 Å². The summed E-state index contributed by atoms with van der Waals surface area (Å²) in [6.07, 6.45) is 0.930. The lowest BCUT2D eigenvalue weighted by Crippen LogP contribution is -2.24. The van der Waals surface area contributed by atoms with Crippen LogP contribution < -0.4 is 5.32 Å². The molecule has 17 heavy (non-hydrogen) atoms. The Morgan fingerprint density at radius 2 is 2.24 bits per heavy atom. The summed E-state index contributed by atoms with van der Waals surface area (Å²) >= 11 is 5.92. The van der Waals surface area contributed by atoms with E-state index in [1.54, 1.807) is 6.07 Å².